The molecule has 2 rings (SSSR count). The Labute approximate surface area is 98.9 Å². The number of rotatable bonds is 2. The maximum absolute atomic E-state index is 12.1. The molecule has 1 aromatic rings. The number of nitrogens with zero attached hydrogens (tertiary/aromatic N) is 1. The van der Waals surface area contributed by atoms with E-state index in [1.54, 1.807) is 11.9 Å². The van der Waals surface area contributed by atoms with Crippen LogP contribution in [-0.2, 0) is 0 Å². The van der Waals surface area contributed by atoms with Crippen LogP contribution in [0.3, 0.4) is 0 Å². The Hall–Kier alpha value is -0.910. The molecule has 0 bridgehead atoms. The normalized spacial score (nSPS) is 24.7. The minimum atomic E-state index is -0.463. The molecule has 0 unspecified atom stereocenters. The molecule has 5 heteroatoms. The molecule has 1 aliphatic heterocycles. The number of aryl methyl sites for hydroxylation is 1. The molecule has 2 atom stereocenters. The van der Waals surface area contributed by atoms with E-state index >= 15 is 0 Å². The molecule has 1 saturated heterocycles. The lowest BCUT2D eigenvalue weighted by Gasteiger charge is -2.25. The molecule has 0 spiro atoms. The second-order valence-corrected chi connectivity index (χ2v) is 5.41. The second kappa shape index (κ2) is 4.53. The van der Waals surface area contributed by atoms with Crippen molar-refractivity contribution in [2.45, 2.75) is 19.1 Å². The van der Waals surface area contributed by atoms with Crippen LogP contribution < -0.4 is 5.32 Å². The number of aliphatic hydroxyl groups excluding tert-OH is 1. The van der Waals surface area contributed by atoms with Crippen LogP contribution in [0, 0.1) is 6.92 Å². The first kappa shape index (κ1) is 11.6. The summed E-state index contributed by atoms with van der Waals surface area (Å²) < 4.78 is 0. The van der Waals surface area contributed by atoms with Crippen molar-refractivity contribution in [3.63, 3.8) is 0 Å². The summed E-state index contributed by atoms with van der Waals surface area (Å²) in [4.78, 5) is 15.6. The fourth-order valence-electron chi connectivity index (χ4n) is 1.92. The van der Waals surface area contributed by atoms with Gasteiger partial charge in [0.15, 0.2) is 0 Å². The molecule has 4 nitrogen and oxygen atoms in total. The van der Waals surface area contributed by atoms with Gasteiger partial charge in [-0.15, -0.1) is 11.3 Å². The summed E-state index contributed by atoms with van der Waals surface area (Å²) in [6, 6.07) is 3.66. The molecule has 1 aromatic heterocycles. The fourth-order valence-corrected chi connectivity index (χ4v) is 2.77. The number of amides is 1. The van der Waals surface area contributed by atoms with E-state index in [2.05, 4.69) is 5.32 Å². The Morgan fingerprint density at radius 3 is 2.81 bits per heavy atom. The van der Waals surface area contributed by atoms with E-state index < -0.39 is 6.10 Å². The number of hydrogen-bond donors (Lipinski definition) is 2. The Morgan fingerprint density at radius 2 is 2.31 bits per heavy atom. The number of carbonyl (C=O) groups excluding carboxylic acids is 1. The van der Waals surface area contributed by atoms with E-state index in [4.69, 9.17) is 0 Å². The molecule has 0 aliphatic carbocycles. The third-order valence-corrected chi connectivity index (χ3v) is 3.91. The molecule has 1 amide bonds. The molecule has 1 fully saturated rings. The molecule has 1 aliphatic rings. The van der Waals surface area contributed by atoms with Crippen molar-refractivity contribution in [2.75, 3.05) is 20.1 Å². The second-order valence-electron chi connectivity index (χ2n) is 4.12. The van der Waals surface area contributed by atoms with Crippen LogP contribution in [0.4, 0.5) is 0 Å². The minimum absolute atomic E-state index is 0.00847. The number of hydrogen-bond acceptors (Lipinski definition) is 4. The van der Waals surface area contributed by atoms with Crippen LogP contribution in [-0.4, -0.2) is 48.2 Å². The number of nitrogens with one attached hydrogen (secondary N) is 1. The third-order valence-electron chi connectivity index (χ3n) is 2.92. The lowest BCUT2D eigenvalue weighted by Crippen LogP contribution is -2.44. The van der Waals surface area contributed by atoms with Crippen LogP contribution in [0.25, 0.3) is 0 Å². The molecule has 2 heterocycles. The Balaban J connectivity index is 2.10. The van der Waals surface area contributed by atoms with E-state index in [1.807, 2.05) is 19.1 Å². The highest BCUT2D eigenvalue weighted by Crippen LogP contribution is 2.19. The summed E-state index contributed by atoms with van der Waals surface area (Å²) in [6.45, 7) is 3.20. The van der Waals surface area contributed by atoms with E-state index in [1.165, 1.54) is 11.3 Å². The Kier molecular flexibility index (Phi) is 3.28. The quantitative estimate of drug-likeness (QED) is 0.789. The zero-order valence-corrected chi connectivity index (χ0v) is 10.3. The highest BCUT2D eigenvalue weighted by Gasteiger charge is 2.31. The van der Waals surface area contributed by atoms with E-state index in [0.29, 0.717) is 13.1 Å². The minimum Gasteiger partial charge on any atom is -0.390 e. The van der Waals surface area contributed by atoms with Crippen LogP contribution >= 0.6 is 11.3 Å². The van der Waals surface area contributed by atoms with Crippen molar-refractivity contribution in [1.82, 2.24) is 10.2 Å². The fraction of sp³-hybridized carbons (Fsp3) is 0.545. The Morgan fingerprint density at radius 1 is 1.56 bits per heavy atom. The van der Waals surface area contributed by atoms with Crippen LogP contribution in [0.1, 0.15) is 14.5 Å². The van der Waals surface area contributed by atoms with Crippen LogP contribution in [0.15, 0.2) is 12.1 Å². The van der Waals surface area contributed by atoms with Crippen molar-refractivity contribution in [3.8, 4) is 0 Å². The first-order valence-corrected chi connectivity index (χ1v) is 6.13. The number of β-amino-alcohol motifs (C(OH)–C–C–N with tert-alkyl or cyclic N) is 1. The summed E-state index contributed by atoms with van der Waals surface area (Å²) in [5.74, 6) is -0.00847. The molecule has 88 valence electrons. The summed E-state index contributed by atoms with van der Waals surface area (Å²) in [7, 11) is 1.75. The van der Waals surface area contributed by atoms with Crippen molar-refractivity contribution in [1.29, 1.82) is 0 Å². The average Bonchev–Trinajstić information content (AvgIpc) is 2.85. The van der Waals surface area contributed by atoms with E-state index in [9.17, 15) is 9.90 Å². The third kappa shape index (κ3) is 2.11. The molecule has 2 N–H and O–H groups in total. The summed E-state index contributed by atoms with van der Waals surface area (Å²) in [5, 5.41) is 12.8. The predicted molar refractivity (Wildman–Crippen MR) is 63.8 cm³/mol. The van der Waals surface area contributed by atoms with Gasteiger partial charge in [0.2, 0.25) is 0 Å². The summed E-state index contributed by atoms with van der Waals surface area (Å²) >= 11 is 1.49. The van der Waals surface area contributed by atoms with Gasteiger partial charge in [-0.2, -0.15) is 0 Å². The van der Waals surface area contributed by atoms with Gasteiger partial charge in [0.25, 0.3) is 5.91 Å². The monoisotopic (exact) mass is 240 g/mol. The van der Waals surface area contributed by atoms with Crippen molar-refractivity contribution < 1.29 is 9.90 Å². The standard InChI is InChI=1S/C11H16N2O2S/c1-7-3-4-10(16-7)11(15)13(2)8-5-12-6-9(8)14/h3-4,8-9,12,14H,5-6H2,1-2H3/t8-,9-/m1/s1. The van der Waals surface area contributed by atoms with Crippen LogP contribution in [0.2, 0.25) is 0 Å². The largest absolute Gasteiger partial charge is 0.390 e. The van der Waals surface area contributed by atoms with Gasteiger partial charge in [-0.1, -0.05) is 0 Å². The SMILES string of the molecule is Cc1ccc(C(=O)N(C)[C@@H]2CNC[C@H]2O)s1. The molecule has 16 heavy (non-hydrogen) atoms. The number of likely N-dealkylation sites (N-methyl/N-ethyl adjacent to an activating group) is 1. The van der Waals surface area contributed by atoms with Gasteiger partial charge in [0.05, 0.1) is 17.0 Å². The molecule has 0 aromatic carbocycles. The maximum Gasteiger partial charge on any atom is 0.264 e. The first-order chi connectivity index (χ1) is 7.59. The summed E-state index contributed by atoms with van der Waals surface area (Å²) in [6.07, 6.45) is -0.463. The molecular formula is C11H16N2O2S. The van der Waals surface area contributed by atoms with Crippen LogP contribution in [0.5, 0.6) is 0 Å². The van der Waals surface area contributed by atoms with Gasteiger partial charge in [0.1, 0.15) is 0 Å². The highest BCUT2D eigenvalue weighted by atomic mass is 32.1. The van der Waals surface area contributed by atoms with E-state index in [-0.39, 0.29) is 11.9 Å². The van der Waals surface area contributed by atoms with Gasteiger partial charge in [0, 0.05) is 25.0 Å². The van der Waals surface area contributed by atoms with Crippen molar-refractivity contribution >= 4 is 17.2 Å². The van der Waals surface area contributed by atoms with Crippen molar-refractivity contribution in [2.24, 2.45) is 0 Å². The maximum atomic E-state index is 12.1. The van der Waals surface area contributed by atoms with Gasteiger partial charge in [-0.25, -0.2) is 0 Å². The lowest BCUT2D eigenvalue weighted by molar-refractivity contribution is 0.0585. The number of aliphatic hydroxyl groups is 1. The lowest BCUT2D eigenvalue weighted by atomic mass is 10.2. The predicted octanol–water partition coefficient (Wildman–Crippen LogP) is 0.461. The smallest absolute Gasteiger partial charge is 0.264 e. The van der Waals surface area contributed by atoms with Gasteiger partial charge in [-0.3, -0.25) is 4.79 Å². The highest BCUT2D eigenvalue weighted by molar-refractivity contribution is 7.13. The molecular weight excluding hydrogens is 224 g/mol. The number of thiophene rings is 1. The summed E-state index contributed by atoms with van der Waals surface area (Å²) in [5.41, 5.74) is 0. The van der Waals surface area contributed by atoms with Crippen molar-refractivity contribution in [3.05, 3.63) is 21.9 Å². The zero-order chi connectivity index (χ0) is 11.7. The van der Waals surface area contributed by atoms with Gasteiger partial charge >= 0.3 is 0 Å². The topological polar surface area (TPSA) is 52.6 Å². The van der Waals surface area contributed by atoms with Gasteiger partial charge < -0.3 is 15.3 Å². The first-order valence-electron chi connectivity index (χ1n) is 5.32. The van der Waals surface area contributed by atoms with E-state index in [0.717, 1.165) is 9.75 Å². The number of carbonyl (C=O) groups is 1. The average molecular weight is 240 g/mol. The molecule has 0 radical (unpaired) electrons. The van der Waals surface area contributed by atoms with Gasteiger partial charge in [-0.05, 0) is 19.1 Å². The zero-order valence-electron chi connectivity index (χ0n) is 9.43. The molecule has 0 saturated carbocycles. The Bertz CT molecular complexity index is 391.